The number of benzene rings is 2. The van der Waals surface area contributed by atoms with Crippen LogP contribution in [-0.2, 0) is 6.61 Å². The number of hydrogen-bond acceptors (Lipinski definition) is 2. The van der Waals surface area contributed by atoms with Gasteiger partial charge in [0.2, 0.25) is 0 Å². The zero-order chi connectivity index (χ0) is 13.7. The van der Waals surface area contributed by atoms with E-state index in [-0.39, 0.29) is 12.2 Å². The molecule has 2 aromatic rings. The van der Waals surface area contributed by atoms with Crippen LogP contribution >= 0.6 is 0 Å². The summed E-state index contributed by atoms with van der Waals surface area (Å²) < 4.78 is 31.8. The molecular weight excluding hydrogens is 248 g/mol. The molecule has 2 aromatic carbocycles. The van der Waals surface area contributed by atoms with E-state index in [1.807, 2.05) is 19.1 Å². The lowest BCUT2D eigenvalue weighted by Gasteiger charge is -2.08. The lowest BCUT2D eigenvalue weighted by Crippen LogP contribution is -2.00. The summed E-state index contributed by atoms with van der Waals surface area (Å²) in [5.41, 5.74) is 1.20. The van der Waals surface area contributed by atoms with E-state index in [9.17, 15) is 8.78 Å². The predicted octanol–water partition coefficient (Wildman–Crippen LogP) is 3.98. The molecule has 2 rings (SSSR count). The molecule has 0 aliphatic carbocycles. The number of hydrogen-bond donors (Lipinski definition) is 1. The molecular formula is C15H15F2NO. The van der Waals surface area contributed by atoms with Crippen LogP contribution in [0.4, 0.5) is 14.5 Å². The van der Waals surface area contributed by atoms with Crippen molar-refractivity contribution in [3.63, 3.8) is 0 Å². The van der Waals surface area contributed by atoms with Crippen LogP contribution in [-0.4, -0.2) is 6.54 Å². The van der Waals surface area contributed by atoms with Crippen LogP contribution in [0.3, 0.4) is 0 Å². The highest BCUT2D eigenvalue weighted by Gasteiger charge is 2.04. The standard InChI is InChI=1S/C15H15F2NO/c1-2-18-13-4-6-14(7-5-13)19-10-11-9-12(16)3-8-15(11)17/h3-9,18H,2,10H2,1H3. The van der Waals surface area contributed by atoms with Crippen LogP contribution in [0.1, 0.15) is 12.5 Å². The second-order valence-electron chi connectivity index (χ2n) is 4.08. The Labute approximate surface area is 111 Å². The smallest absolute Gasteiger partial charge is 0.130 e. The van der Waals surface area contributed by atoms with Crippen molar-refractivity contribution in [1.29, 1.82) is 0 Å². The Bertz CT molecular complexity index is 540. The van der Waals surface area contributed by atoms with Gasteiger partial charge in [0.25, 0.3) is 0 Å². The predicted molar refractivity (Wildman–Crippen MR) is 71.3 cm³/mol. The number of nitrogens with one attached hydrogen (secondary N) is 1. The fraction of sp³-hybridized carbons (Fsp3) is 0.200. The number of ether oxygens (including phenoxy) is 1. The van der Waals surface area contributed by atoms with E-state index >= 15 is 0 Å². The van der Waals surface area contributed by atoms with Gasteiger partial charge in [-0.15, -0.1) is 0 Å². The minimum atomic E-state index is -0.470. The summed E-state index contributed by atoms with van der Waals surface area (Å²) in [6.45, 7) is 2.86. The molecule has 0 aliphatic heterocycles. The number of halogens is 2. The first kappa shape index (κ1) is 13.3. The summed E-state index contributed by atoms with van der Waals surface area (Å²) in [6.07, 6.45) is 0. The van der Waals surface area contributed by atoms with E-state index in [1.165, 1.54) is 0 Å². The van der Waals surface area contributed by atoms with E-state index in [4.69, 9.17) is 4.74 Å². The monoisotopic (exact) mass is 263 g/mol. The molecule has 0 unspecified atom stereocenters. The van der Waals surface area contributed by atoms with E-state index in [2.05, 4.69) is 5.32 Å². The van der Waals surface area contributed by atoms with Gasteiger partial charge in [0.05, 0.1) is 0 Å². The van der Waals surface area contributed by atoms with E-state index in [1.54, 1.807) is 12.1 Å². The maximum atomic E-state index is 13.4. The summed E-state index contributed by atoms with van der Waals surface area (Å²) in [4.78, 5) is 0. The molecule has 100 valence electrons. The van der Waals surface area contributed by atoms with Crippen molar-refractivity contribution in [3.05, 3.63) is 59.7 Å². The van der Waals surface area contributed by atoms with Crippen LogP contribution in [0, 0.1) is 11.6 Å². The van der Waals surface area contributed by atoms with E-state index < -0.39 is 11.6 Å². The zero-order valence-electron chi connectivity index (χ0n) is 10.6. The van der Waals surface area contributed by atoms with Crippen LogP contribution in [0.5, 0.6) is 5.75 Å². The van der Waals surface area contributed by atoms with E-state index in [0.717, 1.165) is 30.4 Å². The lowest BCUT2D eigenvalue weighted by atomic mass is 10.2. The average molecular weight is 263 g/mol. The third kappa shape index (κ3) is 3.68. The Balaban J connectivity index is 2.00. The van der Waals surface area contributed by atoms with Crippen molar-refractivity contribution in [3.8, 4) is 5.75 Å². The van der Waals surface area contributed by atoms with Gasteiger partial charge in [0.15, 0.2) is 0 Å². The van der Waals surface area contributed by atoms with Gasteiger partial charge < -0.3 is 10.1 Å². The van der Waals surface area contributed by atoms with Crippen molar-refractivity contribution >= 4 is 5.69 Å². The van der Waals surface area contributed by atoms with Gasteiger partial charge in [-0.05, 0) is 49.4 Å². The molecule has 1 N–H and O–H groups in total. The molecule has 0 fully saturated rings. The van der Waals surface area contributed by atoms with Crippen molar-refractivity contribution in [1.82, 2.24) is 0 Å². The maximum absolute atomic E-state index is 13.4. The highest BCUT2D eigenvalue weighted by atomic mass is 19.1. The van der Waals surface area contributed by atoms with Gasteiger partial charge in [-0.2, -0.15) is 0 Å². The van der Waals surface area contributed by atoms with Crippen LogP contribution < -0.4 is 10.1 Å². The highest BCUT2D eigenvalue weighted by molar-refractivity contribution is 5.46. The molecule has 0 saturated heterocycles. The van der Waals surface area contributed by atoms with Crippen molar-refractivity contribution < 1.29 is 13.5 Å². The quantitative estimate of drug-likeness (QED) is 0.881. The van der Waals surface area contributed by atoms with Crippen molar-refractivity contribution in [2.24, 2.45) is 0 Å². The molecule has 4 heteroatoms. The Morgan fingerprint density at radius 3 is 2.47 bits per heavy atom. The molecule has 0 aromatic heterocycles. The van der Waals surface area contributed by atoms with Gasteiger partial charge in [-0.3, -0.25) is 0 Å². The molecule has 0 atom stereocenters. The van der Waals surface area contributed by atoms with Gasteiger partial charge in [0.1, 0.15) is 24.0 Å². The average Bonchev–Trinajstić information content (AvgIpc) is 2.42. The fourth-order valence-corrected chi connectivity index (χ4v) is 1.69. The summed E-state index contributed by atoms with van der Waals surface area (Å²) in [7, 11) is 0. The first-order valence-electron chi connectivity index (χ1n) is 6.09. The molecule has 0 heterocycles. The first-order chi connectivity index (χ1) is 9.19. The Hall–Kier alpha value is -2.10. The van der Waals surface area contributed by atoms with Crippen molar-refractivity contribution in [2.45, 2.75) is 13.5 Å². The Morgan fingerprint density at radius 1 is 1.05 bits per heavy atom. The van der Waals surface area contributed by atoms with Crippen LogP contribution in [0.2, 0.25) is 0 Å². The second-order valence-corrected chi connectivity index (χ2v) is 4.08. The summed E-state index contributed by atoms with van der Waals surface area (Å²) in [5.74, 6) is -0.321. The highest BCUT2D eigenvalue weighted by Crippen LogP contribution is 2.18. The molecule has 0 aliphatic rings. The van der Waals surface area contributed by atoms with Gasteiger partial charge >= 0.3 is 0 Å². The summed E-state index contributed by atoms with van der Waals surface area (Å²) in [5, 5.41) is 3.16. The third-order valence-corrected chi connectivity index (χ3v) is 2.64. The lowest BCUT2D eigenvalue weighted by molar-refractivity contribution is 0.299. The normalized spacial score (nSPS) is 10.3. The molecule has 0 amide bonds. The number of rotatable bonds is 5. The SMILES string of the molecule is CCNc1ccc(OCc2cc(F)ccc2F)cc1. The number of anilines is 1. The van der Waals surface area contributed by atoms with E-state index in [0.29, 0.717) is 5.75 Å². The topological polar surface area (TPSA) is 21.3 Å². The Kier molecular flexibility index (Phi) is 4.34. The maximum Gasteiger partial charge on any atom is 0.130 e. The Morgan fingerprint density at radius 2 is 1.79 bits per heavy atom. The summed E-state index contributed by atoms with van der Waals surface area (Å²) >= 11 is 0. The molecule has 0 radical (unpaired) electrons. The molecule has 0 saturated carbocycles. The van der Waals surface area contributed by atoms with Gasteiger partial charge in [-0.25, -0.2) is 8.78 Å². The fourth-order valence-electron chi connectivity index (χ4n) is 1.69. The minimum absolute atomic E-state index is 0.00411. The molecule has 2 nitrogen and oxygen atoms in total. The minimum Gasteiger partial charge on any atom is -0.489 e. The molecule has 0 spiro atoms. The molecule has 19 heavy (non-hydrogen) atoms. The summed E-state index contributed by atoms with van der Waals surface area (Å²) in [6, 6.07) is 10.7. The largest absolute Gasteiger partial charge is 0.489 e. The van der Waals surface area contributed by atoms with Crippen LogP contribution in [0.25, 0.3) is 0 Å². The van der Waals surface area contributed by atoms with Crippen molar-refractivity contribution in [2.75, 3.05) is 11.9 Å². The van der Waals surface area contributed by atoms with Crippen LogP contribution in [0.15, 0.2) is 42.5 Å². The van der Waals surface area contributed by atoms with Gasteiger partial charge in [0, 0.05) is 17.8 Å². The third-order valence-electron chi connectivity index (χ3n) is 2.64. The van der Waals surface area contributed by atoms with Gasteiger partial charge in [-0.1, -0.05) is 0 Å². The second kappa shape index (κ2) is 6.18. The zero-order valence-corrected chi connectivity index (χ0v) is 10.6. The first-order valence-corrected chi connectivity index (χ1v) is 6.09. The molecule has 0 bridgehead atoms.